The quantitative estimate of drug-likeness (QED) is 0.882. The first-order chi connectivity index (χ1) is 8.13. The molecule has 0 aliphatic carbocycles. The second kappa shape index (κ2) is 4.67. The number of aliphatic hydroxyl groups is 1. The van der Waals surface area contributed by atoms with Crippen LogP contribution in [0.3, 0.4) is 0 Å². The van der Waals surface area contributed by atoms with Crippen LogP contribution in [0.4, 0.5) is 4.39 Å². The fourth-order valence-electron chi connectivity index (χ4n) is 1.85. The second-order valence-corrected chi connectivity index (χ2v) is 4.06. The van der Waals surface area contributed by atoms with Crippen LogP contribution in [0.1, 0.15) is 11.4 Å². The minimum absolute atomic E-state index is 0.0761. The lowest BCUT2D eigenvalue weighted by Crippen LogP contribution is -2.02. The van der Waals surface area contributed by atoms with E-state index in [0.717, 1.165) is 17.1 Å². The van der Waals surface area contributed by atoms with Crippen molar-refractivity contribution in [2.45, 2.75) is 13.3 Å². The molecule has 2 aromatic rings. The van der Waals surface area contributed by atoms with Crippen LogP contribution >= 0.6 is 0 Å². The van der Waals surface area contributed by atoms with Gasteiger partial charge in [0.2, 0.25) is 0 Å². The second-order valence-electron chi connectivity index (χ2n) is 4.06. The topological polar surface area (TPSA) is 38.1 Å². The first-order valence-corrected chi connectivity index (χ1v) is 5.51. The van der Waals surface area contributed by atoms with Gasteiger partial charge in [-0.15, -0.1) is 0 Å². The smallest absolute Gasteiger partial charge is 0.126 e. The van der Waals surface area contributed by atoms with Gasteiger partial charge >= 0.3 is 0 Å². The van der Waals surface area contributed by atoms with Crippen molar-refractivity contribution >= 4 is 0 Å². The highest BCUT2D eigenvalue weighted by Gasteiger charge is 2.09. The van der Waals surface area contributed by atoms with Gasteiger partial charge in [0.1, 0.15) is 11.6 Å². The third-order valence-electron chi connectivity index (χ3n) is 2.87. The van der Waals surface area contributed by atoms with Gasteiger partial charge in [0, 0.05) is 19.0 Å². The van der Waals surface area contributed by atoms with Gasteiger partial charge < -0.3 is 9.67 Å². The molecule has 0 bridgehead atoms. The molecule has 90 valence electrons. The number of hydrogen-bond acceptors (Lipinski definition) is 2. The molecule has 0 unspecified atom stereocenters. The molecule has 1 aromatic heterocycles. The molecule has 0 aliphatic heterocycles. The molecule has 0 atom stereocenters. The lowest BCUT2D eigenvalue weighted by atomic mass is 10.1. The zero-order chi connectivity index (χ0) is 12.4. The Balaban J connectivity index is 2.42. The summed E-state index contributed by atoms with van der Waals surface area (Å²) in [5.41, 5.74) is 2.48. The van der Waals surface area contributed by atoms with Crippen molar-refractivity contribution in [3.63, 3.8) is 0 Å². The van der Waals surface area contributed by atoms with Crippen LogP contribution in [0.25, 0.3) is 11.3 Å². The molecular weight excluding hydrogens is 219 g/mol. The maximum absolute atomic E-state index is 13.2. The average Bonchev–Trinajstić information content (AvgIpc) is 2.66. The zero-order valence-corrected chi connectivity index (χ0v) is 9.94. The molecule has 2 rings (SSSR count). The third-order valence-corrected chi connectivity index (χ3v) is 2.87. The van der Waals surface area contributed by atoms with E-state index in [4.69, 9.17) is 5.11 Å². The summed E-state index contributed by atoms with van der Waals surface area (Å²) in [6.45, 7) is 1.82. The molecule has 4 heteroatoms. The molecule has 0 spiro atoms. The summed E-state index contributed by atoms with van der Waals surface area (Å²) in [4.78, 5) is 4.24. The maximum Gasteiger partial charge on any atom is 0.126 e. The van der Waals surface area contributed by atoms with Crippen LogP contribution in [0.2, 0.25) is 0 Å². The van der Waals surface area contributed by atoms with Gasteiger partial charge in [-0.1, -0.05) is 0 Å². The van der Waals surface area contributed by atoms with Crippen molar-refractivity contribution in [2.24, 2.45) is 7.05 Å². The molecule has 0 fully saturated rings. The van der Waals surface area contributed by atoms with E-state index in [2.05, 4.69) is 4.98 Å². The number of rotatable bonds is 3. The van der Waals surface area contributed by atoms with E-state index in [1.165, 1.54) is 6.07 Å². The number of aliphatic hydroxyl groups excluding tert-OH is 1. The number of imidazole rings is 1. The van der Waals surface area contributed by atoms with Gasteiger partial charge in [0.15, 0.2) is 0 Å². The van der Waals surface area contributed by atoms with E-state index < -0.39 is 0 Å². The number of hydrogen-bond donors (Lipinski definition) is 1. The first kappa shape index (κ1) is 11.8. The normalized spacial score (nSPS) is 10.8. The molecule has 0 radical (unpaired) electrons. The average molecular weight is 234 g/mol. The number of benzene rings is 1. The van der Waals surface area contributed by atoms with Gasteiger partial charge in [-0.2, -0.15) is 0 Å². The van der Waals surface area contributed by atoms with Crippen LogP contribution in [0.5, 0.6) is 0 Å². The van der Waals surface area contributed by atoms with Crippen LogP contribution < -0.4 is 0 Å². The van der Waals surface area contributed by atoms with Crippen molar-refractivity contribution in [3.05, 3.63) is 41.6 Å². The molecule has 1 aromatic carbocycles. The molecule has 0 saturated heterocycles. The van der Waals surface area contributed by atoms with Gasteiger partial charge in [-0.05, 0) is 30.7 Å². The summed E-state index contributed by atoms with van der Waals surface area (Å²) in [6.07, 6.45) is 2.27. The Morgan fingerprint density at radius 1 is 1.41 bits per heavy atom. The van der Waals surface area contributed by atoms with E-state index in [1.54, 1.807) is 25.3 Å². The van der Waals surface area contributed by atoms with Crippen LogP contribution in [-0.2, 0) is 13.5 Å². The number of aryl methyl sites for hydroxylation is 1. The summed E-state index contributed by atoms with van der Waals surface area (Å²) < 4.78 is 15.1. The van der Waals surface area contributed by atoms with Crippen LogP contribution in [-0.4, -0.2) is 21.3 Å². The summed E-state index contributed by atoms with van der Waals surface area (Å²) in [5.74, 6) is 0.621. The van der Waals surface area contributed by atoms with Crippen LogP contribution in [0, 0.1) is 12.7 Å². The molecule has 3 nitrogen and oxygen atoms in total. The fraction of sp³-hybridized carbons (Fsp3) is 0.308. The predicted molar refractivity (Wildman–Crippen MR) is 64.1 cm³/mol. The van der Waals surface area contributed by atoms with E-state index in [9.17, 15) is 4.39 Å². The van der Waals surface area contributed by atoms with Gasteiger partial charge in [-0.25, -0.2) is 9.37 Å². The summed E-state index contributed by atoms with van der Waals surface area (Å²) in [5, 5.41) is 8.90. The van der Waals surface area contributed by atoms with Crippen molar-refractivity contribution in [2.75, 3.05) is 6.61 Å². The number of aromatic nitrogens is 2. The van der Waals surface area contributed by atoms with Gasteiger partial charge in [-0.3, -0.25) is 0 Å². The highest BCUT2D eigenvalue weighted by Crippen LogP contribution is 2.22. The standard InChI is InChI=1S/C13H15FN2O/c1-9-7-10(3-4-11(9)14)12-8-15-13(5-6-17)16(12)2/h3-4,7-8,17H,5-6H2,1-2H3. The highest BCUT2D eigenvalue weighted by atomic mass is 19.1. The SMILES string of the molecule is Cc1cc(-c2cnc(CCO)n2C)ccc1F. The van der Waals surface area contributed by atoms with Gasteiger partial charge in [0.25, 0.3) is 0 Å². The highest BCUT2D eigenvalue weighted by molar-refractivity contribution is 5.60. The lowest BCUT2D eigenvalue weighted by Gasteiger charge is -2.06. The van der Waals surface area contributed by atoms with E-state index in [0.29, 0.717) is 12.0 Å². The maximum atomic E-state index is 13.2. The monoisotopic (exact) mass is 234 g/mol. The minimum Gasteiger partial charge on any atom is -0.396 e. The number of nitrogens with zero attached hydrogens (tertiary/aromatic N) is 2. The van der Waals surface area contributed by atoms with Crippen molar-refractivity contribution in [1.82, 2.24) is 9.55 Å². The van der Waals surface area contributed by atoms with Crippen molar-refractivity contribution < 1.29 is 9.50 Å². The Morgan fingerprint density at radius 3 is 2.82 bits per heavy atom. The molecule has 1 N–H and O–H groups in total. The molecule has 17 heavy (non-hydrogen) atoms. The van der Waals surface area contributed by atoms with Crippen molar-refractivity contribution in [1.29, 1.82) is 0 Å². The lowest BCUT2D eigenvalue weighted by molar-refractivity contribution is 0.295. The molecule has 0 amide bonds. The Bertz CT molecular complexity index is 534. The molecule has 1 heterocycles. The molecule has 0 saturated carbocycles. The largest absolute Gasteiger partial charge is 0.396 e. The third kappa shape index (κ3) is 2.22. The van der Waals surface area contributed by atoms with E-state index in [-0.39, 0.29) is 12.4 Å². The summed E-state index contributed by atoms with van der Waals surface area (Å²) in [7, 11) is 1.89. The van der Waals surface area contributed by atoms with Crippen LogP contribution in [0.15, 0.2) is 24.4 Å². The first-order valence-electron chi connectivity index (χ1n) is 5.51. The number of halogens is 1. The predicted octanol–water partition coefficient (Wildman–Crippen LogP) is 2.07. The van der Waals surface area contributed by atoms with E-state index in [1.807, 2.05) is 11.6 Å². The Morgan fingerprint density at radius 2 is 2.18 bits per heavy atom. The summed E-state index contributed by atoms with van der Waals surface area (Å²) >= 11 is 0. The Labute approximate surface area is 99.5 Å². The van der Waals surface area contributed by atoms with E-state index >= 15 is 0 Å². The molecule has 0 aliphatic rings. The zero-order valence-electron chi connectivity index (χ0n) is 9.94. The fourth-order valence-corrected chi connectivity index (χ4v) is 1.85. The molecular formula is C13H15FN2O. The Kier molecular flexibility index (Phi) is 3.24. The van der Waals surface area contributed by atoms with Crippen molar-refractivity contribution in [3.8, 4) is 11.3 Å². The van der Waals surface area contributed by atoms with Gasteiger partial charge in [0.05, 0.1) is 18.5 Å². The Hall–Kier alpha value is -1.68. The summed E-state index contributed by atoms with van der Waals surface area (Å²) in [6, 6.07) is 5.00. The minimum atomic E-state index is -0.202.